The zero-order chi connectivity index (χ0) is 24.6. The lowest BCUT2D eigenvalue weighted by atomic mass is 10.0. The molecule has 7 nitrogen and oxygen atoms in total. The molecule has 0 spiro atoms. The summed E-state index contributed by atoms with van der Waals surface area (Å²) in [6.07, 6.45) is -0.0855. The van der Waals surface area contributed by atoms with Crippen LogP contribution in [0.4, 0.5) is 24.5 Å². The van der Waals surface area contributed by atoms with E-state index < -0.39 is 29.3 Å². The van der Waals surface area contributed by atoms with Crippen molar-refractivity contribution in [2.75, 3.05) is 57.0 Å². The number of anilines is 2. The smallest absolute Gasteiger partial charge is 0.264 e. The molecule has 2 aromatic rings. The van der Waals surface area contributed by atoms with Crippen LogP contribution in [0, 0.1) is 5.82 Å². The van der Waals surface area contributed by atoms with Gasteiger partial charge in [0.2, 0.25) is 5.56 Å². The fraction of sp³-hybridized carbons (Fsp3) is 0.417. The van der Waals surface area contributed by atoms with Crippen LogP contribution in [0.5, 0.6) is 0 Å². The molecule has 3 heterocycles. The van der Waals surface area contributed by atoms with Gasteiger partial charge in [0.15, 0.2) is 0 Å². The number of halogens is 3. The second-order valence-corrected chi connectivity index (χ2v) is 8.97. The summed E-state index contributed by atoms with van der Waals surface area (Å²) in [5, 5.41) is 2.71. The molecule has 0 bridgehead atoms. The van der Waals surface area contributed by atoms with Gasteiger partial charge in [-0.15, -0.1) is 0 Å². The molecule has 4 rings (SSSR count). The number of alkyl halides is 2. The lowest BCUT2D eigenvalue weighted by molar-refractivity contribution is 0.101. The molecular weight excluding hydrogens is 447 g/mol. The lowest BCUT2D eigenvalue weighted by Gasteiger charge is -2.39. The van der Waals surface area contributed by atoms with Crippen LogP contribution in [0.1, 0.15) is 34.8 Å². The molecule has 1 amide bonds. The normalized spacial score (nSPS) is 19.6. The average molecular weight is 476 g/mol. The second-order valence-electron chi connectivity index (χ2n) is 8.97. The van der Waals surface area contributed by atoms with Crippen LogP contribution in [0.3, 0.4) is 0 Å². The molecule has 1 aromatic heterocycles. The van der Waals surface area contributed by atoms with E-state index in [-0.39, 0.29) is 11.6 Å². The van der Waals surface area contributed by atoms with Gasteiger partial charge in [0.1, 0.15) is 5.82 Å². The first-order chi connectivity index (χ1) is 16.1. The highest BCUT2D eigenvalue weighted by Crippen LogP contribution is 2.35. The number of nitrogens with one attached hydrogen (secondary N) is 2. The SMILES string of the molecule is CC1CN(c2cc(F)c(C3=CCN(C)C3)cc2NC(=O)c2c[nH]c(=O)cc2C(F)F)CCN1C. The number of aromatic amines is 1. The summed E-state index contributed by atoms with van der Waals surface area (Å²) in [7, 11) is 3.94. The van der Waals surface area contributed by atoms with Crippen molar-refractivity contribution >= 4 is 22.9 Å². The Labute approximate surface area is 195 Å². The van der Waals surface area contributed by atoms with E-state index in [1.807, 2.05) is 30.0 Å². The Bertz CT molecular complexity index is 1180. The third-order valence-corrected chi connectivity index (χ3v) is 6.51. The van der Waals surface area contributed by atoms with Crippen LogP contribution < -0.4 is 15.8 Å². The van der Waals surface area contributed by atoms with E-state index in [0.717, 1.165) is 24.4 Å². The lowest BCUT2D eigenvalue weighted by Crippen LogP contribution is -2.50. The fourth-order valence-corrected chi connectivity index (χ4v) is 4.37. The van der Waals surface area contributed by atoms with Gasteiger partial charge in [0.05, 0.1) is 16.9 Å². The molecule has 2 aliphatic rings. The molecule has 1 aromatic carbocycles. The summed E-state index contributed by atoms with van der Waals surface area (Å²) in [5.41, 5.74) is 0.272. The molecule has 1 saturated heterocycles. The number of hydrogen-bond donors (Lipinski definition) is 2. The predicted octanol–water partition coefficient (Wildman–Crippen LogP) is 3.17. The first-order valence-corrected chi connectivity index (χ1v) is 11.1. The van der Waals surface area contributed by atoms with E-state index in [9.17, 15) is 18.4 Å². The highest BCUT2D eigenvalue weighted by atomic mass is 19.3. The van der Waals surface area contributed by atoms with Crippen molar-refractivity contribution in [1.82, 2.24) is 14.8 Å². The third-order valence-electron chi connectivity index (χ3n) is 6.51. The van der Waals surface area contributed by atoms with Gasteiger partial charge in [0, 0.05) is 62.2 Å². The van der Waals surface area contributed by atoms with Gasteiger partial charge in [-0.05, 0) is 38.7 Å². The topological polar surface area (TPSA) is 71.7 Å². The molecule has 0 saturated carbocycles. The molecule has 1 fully saturated rings. The molecule has 0 aliphatic carbocycles. The summed E-state index contributed by atoms with van der Waals surface area (Å²) in [6.45, 7) is 5.29. The number of amides is 1. The molecule has 182 valence electrons. The number of aromatic nitrogens is 1. The Balaban J connectivity index is 1.75. The van der Waals surface area contributed by atoms with Crippen molar-refractivity contribution in [1.29, 1.82) is 0 Å². The summed E-state index contributed by atoms with van der Waals surface area (Å²) in [4.78, 5) is 33.1. The quantitative estimate of drug-likeness (QED) is 0.695. The van der Waals surface area contributed by atoms with Gasteiger partial charge >= 0.3 is 0 Å². The Morgan fingerprint density at radius 3 is 2.62 bits per heavy atom. The number of hydrogen-bond acceptors (Lipinski definition) is 5. The maximum absolute atomic E-state index is 15.3. The number of H-pyrrole nitrogens is 1. The molecule has 2 aliphatic heterocycles. The first-order valence-electron chi connectivity index (χ1n) is 11.1. The monoisotopic (exact) mass is 475 g/mol. The van der Waals surface area contributed by atoms with E-state index in [4.69, 9.17) is 0 Å². The number of carbonyl (C=O) groups is 1. The molecular formula is C24H28F3N5O2. The molecule has 1 atom stereocenters. The zero-order valence-corrected chi connectivity index (χ0v) is 19.4. The molecule has 10 heteroatoms. The molecule has 1 unspecified atom stereocenters. The summed E-state index contributed by atoms with van der Waals surface area (Å²) in [6, 6.07) is 3.90. The number of likely N-dealkylation sites (N-methyl/N-ethyl adjacent to an activating group) is 2. The van der Waals surface area contributed by atoms with Gasteiger partial charge in [-0.2, -0.15) is 0 Å². The van der Waals surface area contributed by atoms with Crippen LogP contribution in [0.25, 0.3) is 5.57 Å². The summed E-state index contributed by atoms with van der Waals surface area (Å²) >= 11 is 0. The average Bonchev–Trinajstić information content (AvgIpc) is 3.22. The van der Waals surface area contributed by atoms with Crippen LogP contribution in [-0.4, -0.2) is 73.6 Å². The number of nitrogens with zero attached hydrogens (tertiary/aromatic N) is 3. The first kappa shape index (κ1) is 24.0. The van der Waals surface area contributed by atoms with Gasteiger partial charge < -0.3 is 20.1 Å². The summed E-state index contributed by atoms with van der Waals surface area (Å²) in [5.74, 6) is -1.21. The van der Waals surface area contributed by atoms with E-state index in [2.05, 4.69) is 22.1 Å². The molecule has 0 radical (unpaired) electrons. The summed E-state index contributed by atoms with van der Waals surface area (Å²) < 4.78 is 42.3. The highest BCUT2D eigenvalue weighted by molar-refractivity contribution is 6.07. The van der Waals surface area contributed by atoms with E-state index in [1.165, 1.54) is 6.07 Å². The van der Waals surface area contributed by atoms with Crippen molar-refractivity contribution in [3.05, 3.63) is 63.3 Å². The van der Waals surface area contributed by atoms with Crippen LogP contribution in [0.15, 0.2) is 35.3 Å². The van der Waals surface area contributed by atoms with Gasteiger partial charge in [-0.25, -0.2) is 13.2 Å². The number of piperazine rings is 1. The van der Waals surface area contributed by atoms with Gasteiger partial charge in [0.25, 0.3) is 12.3 Å². The van der Waals surface area contributed by atoms with Gasteiger partial charge in [-0.3, -0.25) is 14.5 Å². The Morgan fingerprint density at radius 2 is 1.97 bits per heavy atom. The van der Waals surface area contributed by atoms with Crippen molar-refractivity contribution in [3.63, 3.8) is 0 Å². The third kappa shape index (κ3) is 4.88. The van der Waals surface area contributed by atoms with Crippen molar-refractivity contribution < 1.29 is 18.0 Å². The van der Waals surface area contributed by atoms with Crippen molar-refractivity contribution in [2.45, 2.75) is 19.4 Å². The van der Waals surface area contributed by atoms with Crippen LogP contribution >= 0.6 is 0 Å². The number of carbonyl (C=O) groups excluding carboxylic acids is 1. The molecule has 2 N–H and O–H groups in total. The minimum atomic E-state index is -3.00. The number of pyridine rings is 1. The second kappa shape index (κ2) is 9.63. The Morgan fingerprint density at radius 1 is 1.21 bits per heavy atom. The van der Waals surface area contributed by atoms with E-state index in [1.54, 1.807) is 6.07 Å². The van der Waals surface area contributed by atoms with Gasteiger partial charge in [-0.1, -0.05) is 6.08 Å². The largest absolute Gasteiger partial charge is 0.367 e. The maximum Gasteiger partial charge on any atom is 0.264 e. The van der Waals surface area contributed by atoms with E-state index >= 15 is 4.39 Å². The van der Waals surface area contributed by atoms with Crippen molar-refractivity contribution in [2.24, 2.45) is 0 Å². The minimum Gasteiger partial charge on any atom is -0.367 e. The Kier molecular flexibility index (Phi) is 6.81. The van der Waals surface area contributed by atoms with Crippen molar-refractivity contribution in [3.8, 4) is 0 Å². The highest BCUT2D eigenvalue weighted by Gasteiger charge is 2.27. The predicted molar refractivity (Wildman–Crippen MR) is 126 cm³/mol. The Hall–Kier alpha value is -3.11. The standard InChI is InChI=1S/C24H28F3N5O2/c1-14-12-32(7-6-31(14)3)21-10-19(25)16(15-4-5-30(2)13-15)8-20(21)29-24(34)18-11-28-22(33)9-17(18)23(26)27/h4,8-11,14,23H,5-7,12-13H2,1-3H3,(H,28,33)(H,29,34). The fourth-order valence-electron chi connectivity index (χ4n) is 4.37. The minimum absolute atomic E-state index is 0.205. The number of benzene rings is 1. The van der Waals surface area contributed by atoms with Crippen LogP contribution in [-0.2, 0) is 0 Å². The van der Waals surface area contributed by atoms with Crippen LogP contribution in [0.2, 0.25) is 0 Å². The van der Waals surface area contributed by atoms with E-state index in [0.29, 0.717) is 43.1 Å². The number of rotatable bonds is 5. The maximum atomic E-state index is 15.3. The molecule has 34 heavy (non-hydrogen) atoms. The zero-order valence-electron chi connectivity index (χ0n) is 19.4.